The van der Waals surface area contributed by atoms with Crippen molar-refractivity contribution in [2.45, 2.75) is 18.0 Å². The number of hydrogen-bond donors (Lipinski definition) is 0. The van der Waals surface area contributed by atoms with Crippen molar-refractivity contribution in [1.29, 1.82) is 5.26 Å². The zero-order valence-electron chi connectivity index (χ0n) is 11.9. The molecule has 2 aromatic carbocycles. The van der Waals surface area contributed by atoms with Gasteiger partial charge in [0, 0.05) is 10.5 Å². The minimum absolute atomic E-state index is 0.0172. The molecular formula is C16H11F4NOS. The van der Waals surface area contributed by atoms with Gasteiger partial charge in [0.1, 0.15) is 11.6 Å². The number of alkyl halides is 3. The summed E-state index contributed by atoms with van der Waals surface area (Å²) >= 11 is 0. The van der Waals surface area contributed by atoms with Gasteiger partial charge in [-0.05, 0) is 36.2 Å². The molecule has 1 unspecified atom stereocenters. The first-order chi connectivity index (χ1) is 10.7. The van der Waals surface area contributed by atoms with Gasteiger partial charge in [-0.1, -0.05) is 18.2 Å². The molecule has 2 aromatic rings. The topological polar surface area (TPSA) is 40.9 Å². The van der Waals surface area contributed by atoms with Gasteiger partial charge in [0.25, 0.3) is 0 Å². The van der Waals surface area contributed by atoms with Crippen LogP contribution in [0, 0.1) is 24.1 Å². The van der Waals surface area contributed by atoms with E-state index in [0.717, 1.165) is 6.07 Å². The lowest BCUT2D eigenvalue weighted by atomic mass is 10.0. The van der Waals surface area contributed by atoms with Gasteiger partial charge in [0.2, 0.25) is 0 Å². The molecule has 0 aromatic heterocycles. The van der Waals surface area contributed by atoms with Gasteiger partial charge >= 0.3 is 6.18 Å². The fourth-order valence-corrected chi connectivity index (χ4v) is 3.20. The Bertz CT molecular complexity index is 809. The van der Waals surface area contributed by atoms with Crippen molar-refractivity contribution >= 4 is 10.8 Å². The molecular weight excluding hydrogens is 330 g/mol. The molecule has 7 heteroatoms. The van der Waals surface area contributed by atoms with E-state index in [2.05, 4.69) is 0 Å². The van der Waals surface area contributed by atoms with E-state index in [1.54, 1.807) is 13.0 Å². The van der Waals surface area contributed by atoms with E-state index in [-0.39, 0.29) is 16.0 Å². The Labute approximate surface area is 132 Å². The first-order valence-corrected chi connectivity index (χ1v) is 7.79. The molecule has 0 bridgehead atoms. The number of nitrogens with zero attached hydrogens (tertiary/aromatic N) is 1. The molecule has 120 valence electrons. The molecule has 0 aliphatic rings. The monoisotopic (exact) mass is 341 g/mol. The molecule has 0 saturated carbocycles. The molecule has 0 spiro atoms. The van der Waals surface area contributed by atoms with Crippen LogP contribution in [-0.4, -0.2) is 16.1 Å². The largest absolute Gasteiger partial charge is 0.400 e. The lowest BCUT2D eigenvalue weighted by Crippen LogP contribution is -2.19. The van der Waals surface area contributed by atoms with E-state index in [9.17, 15) is 21.8 Å². The van der Waals surface area contributed by atoms with Gasteiger partial charge in [-0.15, -0.1) is 0 Å². The van der Waals surface area contributed by atoms with Gasteiger partial charge < -0.3 is 0 Å². The van der Waals surface area contributed by atoms with Gasteiger partial charge in [0.15, 0.2) is 0 Å². The van der Waals surface area contributed by atoms with Gasteiger partial charge in [0.05, 0.1) is 22.4 Å². The van der Waals surface area contributed by atoms with Crippen LogP contribution in [0.15, 0.2) is 41.3 Å². The van der Waals surface area contributed by atoms with Crippen molar-refractivity contribution in [3.63, 3.8) is 0 Å². The maximum Gasteiger partial charge on any atom is 0.400 e. The first kappa shape index (κ1) is 17.2. The molecule has 0 fully saturated rings. The Morgan fingerprint density at radius 1 is 1.17 bits per heavy atom. The molecule has 0 radical (unpaired) electrons. The molecule has 0 N–H and O–H groups in total. The lowest BCUT2D eigenvalue weighted by molar-refractivity contribution is -0.105. The second-order valence-corrected chi connectivity index (χ2v) is 6.31. The number of nitriles is 1. The van der Waals surface area contributed by atoms with Gasteiger partial charge in [-0.25, -0.2) is 4.39 Å². The van der Waals surface area contributed by atoms with Crippen molar-refractivity contribution in [2.24, 2.45) is 0 Å². The Hall–Kier alpha value is -2.20. The van der Waals surface area contributed by atoms with Crippen LogP contribution in [0.5, 0.6) is 0 Å². The van der Waals surface area contributed by atoms with Crippen molar-refractivity contribution in [3.8, 4) is 17.2 Å². The van der Waals surface area contributed by atoms with Crippen LogP contribution in [0.4, 0.5) is 17.6 Å². The van der Waals surface area contributed by atoms with E-state index in [1.165, 1.54) is 30.3 Å². The first-order valence-electron chi connectivity index (χ1n) is 6.47. The molecule has 0 saturated heterocycles. The summed E-state index contributed by atoms with van der Waals surface area (Å²) in [4.78, 5) is 0.0172. The Morgan fingerprint density at radius 3 is 2.43 bits per heavy atom. The molecule has 2 rings (SSSR count). The predicted molar refractivity (Wildman–Crippen MR) is 78.6 cm³/mol. The minimum Gasteiger partial charge on any atom is -0.254 e. The third-order valence-corrected chi connectivity index (χ3v) is 4.66. The smallest absolute Gasteiger partial charge is 0.254 e. The van der Waals surface area contributed by atoms with Crippen LogP contribution in [0.2, 0.25) is 0 Å². The molecule has 0 amide bonds. The zero-order chi connectivity index (χ0) is 17.2. The fourth-order valence-electron chi connectivity index (χ4n) is 2.06. The highest BCUT2D eigenvalue weighted by molar-refractivity contribution is 7.85. The van der Waals surface area contributed by atoms with E-state index in [1.807, 2.05) is 0 Å². The highest BCUT2D eigenvalue weighted by Crippen LogP contribution is 2.29. The Balaban J connectivity index is 2.45. The molecule has 2 nitrogen and oxygen atoms in total. The second kappa shape index (κ2) is 6.50. The lowest BCUT2D eigenvalue weighted by Gasteiger charge is -2.11. The quantitative estimate of drug-likeness (QED) is 0.779. The van der Waals surface area contributed by atoms with Crippen molar-refractivity contribution in [2.75, 3.05) is 5.75 Å². The summed E-state index contributed by atoms with van der Waals surface area (Å²) in [7, 11) is -2.26. The fraction of sp³-hybridized carbons (Fsp3) is 0.188. The number of benzene rings is 2. The standard InChI is InChI=1S/C16H11F4NOS/c1-10-2-4-12(7-15(10)23(22)9-16(18,19)20)13-5-3-11(8-21)6-14(13)17/h2-7H,9H2,1H3. The van der Waals surface area contributed by atoms with Crippen LogP contribution < -0.4 is 0 Å². The van der Waals surface area contributed by atoms with Crippen molar-refractivity contribution in [1.82, 2.24) is 0 Å². The summed E-state index contributed by atoms with van der Waals surface area (Å²) in [5.74, 6) is -2.12. The van der Waals surface area contributed by atoms with E-state index in [0.29, 0.717) is 11.1 Å². The summed E-state index contributed by atoms with van der Waals surface area (Å²) in [6, 6.07) is 9.94. The van der Waals surface area contributed by atoms with E-state index >= 15 is 0 Å². The molecule has 0 heterocycles. The van der Waals surface area contributed by atoms with Crippen LogP contribution in [0.25, 0.3) is 11.1 Å². The van der Waals surface area contributed by atoms with Gasteiger partial charge in [-0.3, -0.25) is 4.21 Å². The SMILES string of the molecule is Cc1ccc(-c2ccc(C#N)cc2F)cc1S(=O)CC(F)(F)F. The number of hydrogen-bond acceptors (Lipinski definition) is 2. The molecule has 1 atom stereocenters. The maximum atomic E-state index is 14.0. The minimum atomic E-state index is -4.55. The summed E-state index contributed by atoms with van der Waals surface area (Å²) in [5.41, 5.74) is 1.02. The average molecular weight is 341 g/mol. The summed E-state index contributed by atoms with van der Waals surface area (Å²) in [6.07, 6.45) is -4.55. The summed E-state index contributed by atoms with van der Waals surface area (Å²) < 4.78 is 63.2. The number of rotatable bonds is 3. The van der Waals surface area contributed by atoms with Crippen LogP contribution in [0.1, 0.15) is 11.1 Å². The van der Waals surface area contributed by atoms with E-state index in [4.69, 9.17) is 5.26 Å². The number of aryl methyl sites for hydroxylation is 1. The molecule has 0 aliphatic heterocycles. The normalized spacial score (nSPS) is 12.7. The molecule has 0 aliphatic carbocycles. The highest BCUT2D eigenvalue weighted by atomic mass is 32.2. The number of halogens is 4. The average Bonchev–Trinajstić information content (AvgIpc) is 2.46. The summed E-state index contributed by atoms with van der Waals surface area (Å²) in [5, 5.41) is 8.72. The second-order valence-electron chi connectivity index (χ2n) is 4.89. The van der Waals surface area contributed by atoms with Gasteiger partial charge in [-0.2, -0.15) is 18.4 Å². The third-order valence-electron chi connectivity index (χ3n) is 3.14. The molecule has 23 heavy (non-hydrogen) atoms. The van der Waals surface area contributed by atoms with Crippen molar-refractivity contribution in [3.05, 3.63) is 53.3 Å². The van der Waals surface area contributed by atoms with Crippen LogP contribution in [0.3, 0.4) is 0 Å². The van der Waals surface area contributed by atoms with Crippen molar-refractivity contribution < 1.29 is 21.8 Å². The maximum absolute atomic E-state index is 14.0. The third kappa shape index (κ3) is 4.17. The predicted octanol–water partition coefficient (Wildman–Crippen LogP) is 4.34. The van der Waals surface area contributed by atoms with Crippen LogP contribution >= 0.6 is 0 Å². The highest BCUT2D eigenvalue weighted by Gasteiger charge is 2.31. The van der Waals surface area contributed by atoms with Crippen LogP contribution in [-0.2, 0) is 10.8 Å². The van der Waals surface area contributed by atoms with E-state index < -0.39 is 28.5 Å². The zero-order valence-corrected chi connectivity index (χ0v) is 12.8. The Morgan fingerprint density at radius 2 is 1.87 bits per heavy atom. The summed E-state index contributed by atoms with van der Waals surface area (Å²) in [6.45, 7) is 1.54. The Kier molecular flexibility index (Phi) is 4.85.